The van der Waals surface area contributed by atoms with Crippen LogP contribution in [-0.2, 0) is 0 Å². The van der Waals surface area contributed by atoms with Crippen LogP contribution in [0.1, 0.15) is 20.3 Å². The van der Waals surface area contributed by atoms with Crippen molar-refractivity contribution in [2.24, 2.45) is 0 Å². The van der Waals surface area contributed by atoms with Crippen molar-refractivity contribution in [3.63, 3.8) is 0 Å². The van der Waals surface area contributed by atoms with Crippen LogP contribution >= 0.6 is 0 Å². The van der Waals surface area contributed by atoms with E-state index in [1.54, 1.807) is 0 Å². The first-order chi connectivity index (χ1) is 4.31. The summed E-state index contributed by atoms with van der Waals surface area (Å²) in [5, 5.41) is 0. The summed E-state index contributed by atoms with van der Waals surface area (Å²) >= 11 is 0. The molecule has 50 valence electrons. The van der Waals surface area contributed by atoms with Crippen molar-refractivity contribution >= 4 is 0 Å². The van der Waals surface area contributed by atoms with Gasteiger partial charge in [0.2, 0.25) is 0 Å². The largest absolute Gasteiger partial charge is 0.103 e. The molecule has 0 aliphatic rings. The van der Waals surface area contributed by atoms with E-state index in [4.69, 9.17) is 0 Å². The zero-order valence-corrected chi connectivity index (χ0v) is 6.22. The SMILES string of the molecule is C=CC/C=C\C(C)=C\C. The Labute approximate surface area is 57.6 Å². The number of hydrogen-bond acceptors (Lipinski definition) is 0. The third-order valence-electron chi connectivity index (χ3n) is 1.14. The molecule has 0 unspecified atom stereocenters. The predicted molar refractivity (Wildman–Crippen MR) is 43.4 cm³/mol. The Bertz CT molecular complexity index is 127. The third kappa shape index (κ3) is 5.09. The lowest BCUT2D eigenvalue weighted by atomic mass is 10.2. The van der Waals surface area contributed by atoms with Gasteiger partial charge in [0.05, 0.1) is 0 Å². The van der Waals surface area contributed by atoms with Crippen molar-refractivity contribution in [1.82, 2.24) is 0 Å². The van der Waals surface area contributed by atoms with Gasteiger partial charge >= 0.3 is 0 Å². The molecule has 0 atom stereocenters. The van der Waals surface area contributed by atoms with Gasteiger partial charge in [-0.2, -0.15) is 0 Å². The van der Waals surface area contributed by atoms with E-state index in [0.717, 1.165) is 6.42 Å². The van der Waals surface area contributed by atoms with E-state index < -0.39 is 0 Å². The van der Waals surface area contributed by atoms with Gasteiger partial charge in [-0.15, -0.1) is 6.58 Å². The minimum absolute atomic E-state index is 0.963. The van der Waals surface area contributed by atoms with Gasteiger partial charge in [-0.3, -0.25) is 0 Å². The second kappa shape index (κ2) is 5.36. The highest BCUT2D eigenvalue weighted by Gasteiger charge is 1.73. The molecule has 0 rings (SSSR count). The molecule has 0 heteroatoms. The summed E-state index contributed by atoms with van der Waals surface area (Å²) in [6, 6.07) is 0. The molecule has 0 saturated heterocycles. The molecule has 0 amide bonds. The smallest absolute Gasteiger partial charge is 0.0169 e. The van der Waals surface area contributed by atoms with Crippen LogP contribution in [0.25, 0.3) is 0 Å². The maximum Gasteiger partial charge on any atom is -0.0169 e. The molecule has 0 saturated carbocycles. The van der Waals surface area contributed by atoms with Crippen LogP contribution in [0.3, 0.4) is 0 Å². The summed E-state index contributed by atoms with van der Waals surface area (Å²) in [5.41, 5.74) is 1.30. The van der Waals surface area contributed by atoms with Crippen LogP contribution in [0, 0.1) is 0 Å². The first kappa shape index (κ1) is 8.22. The van der Waals surface area contributed by atoms with E-state index in [9.17, 15) is 0 Å². The molecule has 0 aliphatic carbocycles. The van der Waals surface area contributed by atoms with E-state index in [2.05, 4.69) is 31.7 Å². The topological polar surface area (TPSA) is 0 Å². The van der Waals surface area contributed by atoms with Crippen molar-refractivity contribution in [1.29, 1.82) is 0 Å². The summed E-state index contributed by atoms with van der Waals surface area (Å²) in [5.74, 6) is 0. The average molecular weight is 122 g/mol. The van der Waals surface area contributed by atoms with Gasteiger partial charge in [-0.25, -0.2) is 0 Å². The van der Waals surface area contributed by atoms with E-state index in [-0.39, 0.29) is 0 Å². The number of rotatable bonds is 3. The number of allylic oxidation sites excluding steroid dienone is 5. The summed E-state index contributed by atoms with van der Waals surface area (Å²) in [6.07, 6.45) is 9.13. The van der Waals surface area contributed by atoms with Crippen molar-refractivity contribution in [3.8, 4) is 0 Å². The first-order valence-corrected chi connectivity index (χ1v) is 3.21. The lowest BCUT2D eigenvalue weighted by molar-refractivity contribution is 1.37. The molecule has 0 aromatic rings. The van der Waals surface area contributed by atoms with E-state index in [1.165, 1.54) is 5.57 Å². The molecule has 0 nitrogen and oxygen atoms in total. The quantitative estimate of drug-likeness (QED) is 0.398. The molecular weight excluding hydrogens is 108 g/mol. The normalized spacial score (nSPS) is 12.4. The van der Waals surface area contributed by atoms with Crippen LogP contribution in [0.4, 0.5) is 0 Å². The maximum atomic E-state index is 3.61. The Morgan fingerprint density at radius 3 is 2.67 bits per heavy atom. The minimum atomic E-state index is 0.963. The first-order valence-electron chi connectivity index (χ1n) is 3.21. The van der Waals surface area contributed by atoms with Gasteiger partial charge in [-0.1, -0.05) is 29.9 Å². The molecule has 0 heterocycles. The van der Waals surface area contributed by atoms with Crippen LogP contribution in [-0.4, -0.2) is 0 Å². The van der Waals surface area contributed by atoms with Crippen molar-refractivity contribution in [3.05, 3.63) is 36.5 Å². The monoisotopic (exact) mass is 122 g/mol. The van der Waals surface area contributed by atoms with Crippen LogP contribution in [0.5, 0.6) is 0 Å². The van der Waals surface area contributed by atoms with Gasteiger partial charge in [0.15, 0.2) is 0 Å². The van der Waals surface area contributed by atoms with Gasteiger partial charge < -0.3 is 0 Å². The second-order valence-electron chi connectivity index (χ2n) is 1.96. The summed E-state index contributed by atoms with van der Waals surface area (Å²) in [4.78, 5) is 0. The molecule has 9 heavy (non-hydrogen) atoms. The maximum absolute atomic E-state index is 3.61. The summed E-state index contributed by atoms with van der Waals surface area (Å²) < 4.78 is 0. The molecule has 0 bridgehead atoms. The zero-order chi connectivity index (χ0) is 7.11. The highest BCUT2D eigenvalue weighted by Crippen LogP contribution is 1.94. The lowest BCUT2D eigenvalue weighted by Crippen LogP contribution is -1.63. The van der Waals surface area contributed by atoms with E-state index in [1.807, 2.05) is 13.0 Å². The van der Waals surface area contributed by atoms with E-state index in [0.29, 0.717) is 0 Å². The third-order valence-corrected chi connectivity index (χ3v) is 1.14. The fourth-order valence-corrected chi connectivity index (χ4v) is 0.446. The second-order valence-corrected chi connectivity index (χ2v) is 1.96. The molecule has 0 aromatic heterocycles. The van der Waals surface area contributed by atoms with E-state index >= 15 is 0 Å². The van der Waals surface area contributed by atoms with Gasteiger partial charge in [0.25, 0.3) is 0 Å². The van der Waals surface area contributed by atoms with Crippen molar-refractivity contribution in [2.75, 3.05) is 0 Å². The average Bonchev–Trinajstić information content (AvgIpc) is 1.89. The van der Waals surface area contributed by atoms with Gasteiger partial charge in [-0.05, 0) is 20.3 Å². The Balaban J connectivity index is 3.56. The molecular formula is C9H14. The lowest BCUT2D eigenvalue weighted by Gasteiger charge is -1.84. The summed E-state index contributed by atoms with van der Waals surface area (Å²) in [6.45, 7) is 7.73. The molecule has 0 N–H and O–H groups in total. The molecule has 0 aliphatic heterocycles. The Morgan fingerprint density at radius 1 is 1.56 bits per heavy atom. The molecule has 0 radical (unpaired) electrons. The molecule has 0 spiro atoms. The van der Waals surface area contributed by atoms with Crippen molar-refractivity contribution in [2.45, 2.75) is 20.3 Å². The number of hydrogen-bond donors (Lipinski definition) is 0. The molecule has 0 fully saturated rings. The fraction of sp³-hybridized carbons (Fsp3) is 0.333. The molecule has 0 aromatic carbocycles. The highest BCUT2D eigenvalue weighted by atomic mass is 13.8. The summed E-state index contributed by atoms with van der Waals surface area (Å²) in [7, 11) is 0. The fourth-order valence-electron chi connectivity index (χ4n) is 0.446. The van der Waals surface area contributed by atoms with Gasteiger partial charge in [0, 0.05) is 0 Å². The van der Waals surface area contributed by atoms with Crippen LogP contribution in [0.15, 0.2) is 36.5 Å². The Morgan fingerprint density at radius 2 is 2.22 bits per heavy atom. The minimum Gasteiger partial charge on any atom is -0.103 e. The predicted octanol–water partition coefficient (Wildman–Crippen LogP) is 3.08. The van der Waals surface area contributed by atoms with Crippen LogP contribution < -0.4 is 0 Å². The van der Waals surface area contributed by atoms with Crippen LogP contribution in [0.2, 0.25) is 0 Å². The van der Waals surface area contributed by atoms with Gasteiger partial charge in [0.1, 0.15) is 0 Å². The Kier molecular flexibility index (Phi) is 4.89. The standard InChI is InChI=1S/C9H14/c1-4-6-7-8-9(3)5-2/h4-5,7-8H,1,6H2,2-3H3/b8-7-,9-5+. The zero-order valence-electron chi connectivity index (χ0n) is 6.22. The highest BCUT2D eigenvalue weighted by molar-refractivity contribution is 5.15. The Hall–Kier alpha value is -0.780. The van der Waals surface area contributed by atoms with Crippen molar-refractivity contribution < 1.29 is 0 Å².